The lowest BCUT2D eigenvalue weighted by atomic mass is 9.88. The molecule has 4 heteroatoms. The highest BCUT2D eigenvalue weighted by atomic mass is 32.2. The molecule has 146 valence electrons. The van der Waals surface area contributed by atoms with E-state index in [0.717, 1.165) is 44.1 Å². The van der Waals surface area contributed by atoms with Crippen LogP contribution in [0.1, 0.15) is 58.8 Å². The maximum atomic E-state index is 12.7. The molecule has 0 amide bonds. The molecule has 2 rings (SSSR count). The molecule has 1 unspecified atom stereocenters. The third-order valence-corrected chi connectivity index (χ3v) is 7.86. The summed E-state index contributed by atoms with van der Waals surface area (Å²) in [5.41, 5.74) is 0.905. The van der Waals surface area contributed by atoms with Crippen LogP contribution in [0.3, 0.4) is 0 Å². The molecular weight excluding hydrogens is 344 g/mol. The predicted octanol–water partition coefficient (Wildman–Crippen LogP) is 5.01. The Balaban J connectivity index is 1.92. The molecule has 1 aliphatic rings. The van der Waals surface area contributed by atoms with E-state index < -0.39 is 15.9 Å². The summed E-state index contributed by atoms with van der Waals surface area (Å²) in [5, 5.41) is 10.5. The van der Waals surface area contributed by atoms with Crippen LogP contribution in [0.4, 0.5) is 0 Å². The minimum absolute atomic E-state index is 0.136. The SMILES string of the molecule is C=C(CC[C@@H](C)CC)[C@H](O)C[C@@H]1CCCC1CS(=O)(=O)c1ccccc1. The summed E-state index contributed by atoms with van der Waals surface area (Å²) >= 11 is 0. The van der Waals surface area contributed by atoms with Crippen LogP contribution in [-0.2, 0) is 9.84 Å². The Morgan fingerprint density at radius 2 is 1.88 bits per heavy atom. The lowest BCUT2D eigenvalue weighted by Crippen LogP contribution is -2.24. The maximum absolute atomic E-state index is 12.7. The predicted molar refractivity (Wildman–Crippen MR) is 108 cm³/mol. The number of hydrogen-bond donors (Lipinski definition) is 1. The van der Waals surface area contributed by atoms with Crippen molar-refractivity contribution in [1.29, 1.82) is 0 Å². The molecule has 0 aliphatic heterocycles. The van der Waals surface area contributed by atoms with E-state index >= 15 is 0 Å². The number of sulfone groups is 1. The molecule has 4 atom stereocenters. The molecule has 1 aromatic carbocycles. The summed E-state index contributed by atoms with van der Waals surface area (Å²) < 4.78 is 25.4. The summed E-state index contributed by atoms with van der Waals surface area (Å²) in [5.74, 6) is 1.24. The van der Waals surface area contributed by atoms with E-state index in [0.29, 0.717) is 17.2 Å². The van der Waals surface area contributed by atoms with Crippen LogP contribution >= 0.6 is 0 Å². The minimum atomic E-state index is -3.26. The fourth-order valence-electron chi connectivity index (χ4n) is 3.91. The highest BCUT2D eigenvalue weighted by Crippen LogP contribution is 2.38. The first-order valence-corrected chi connectivity index (χ1v) is 11.6. The first kappa shape index (κ1) is 21.2. The van der Waals surface area contributed by atoms with Gasteiger partial charge in [0, 0.05) is 0 Å². The molecule has 26 heavy (non-hydrogen) atoms. The average molecular weight is 379 g/mol. The number of aliphatic hydroxyl groups is 1. The molecule has 0 heterocycles. The van der Waals surface area contributed by atoms with Gasteiger partial charge in [-0.05, 0) is 61.1 Å². The Morgan fingerprint density at radius 1 is 1.23 bits per heavy atom. The molecule has 0 aromatic heterocycles. The fraction of sp³-hybridized carbons (Fsp3) is 0.636. The van der Waals surface area contributed by atoms with Gasteiger partial charge in [-0.2, -0.15) is 0 Å². The Kier molecular flexibility index (Phi) is 7.90. The Bertz CT molecular complexity index is 666. The van der Waals surface area contributed by atoms with Crippen LogP contribution in [0.2, 0.25) is 0 Å². The van der Waals surface area contributed by atoms with E-state index in [2.05, 4.69) is 20.4 Å². The molecule has 1 saturated carbocycles. The molecule has 1 fully saturated rings. The quantitative estimate of drug-likeness (QED) is 0.582. The largest absolute Gasteiger partial charge is 0.389 e. The van der Waals surface area contributed by atoms with Gasteiger partial charge in [-0.3, -0.25) is 0 Å². The zero-order valence-electron chi connectivity index (χ0n) is 16.2. The molecule has 3 nitrogen and oxygen atoms in total. The van der Waals surface area contributed by atoms with Crippen molar-refractivity contribution in [3.8, 4) is 0 Å². The second-order valence-corrected chi connectivity index (χ2v) is 10.0. The second kappa shape index (κ2) is 9.70. The average Bonchev–Trinajstić information content (AvgIpc) is 3.05. The highest BCUT2D eigenvalue weighted by Gasteiger charge is 2.33. The second-order valence-electron chi connectivity index (χ2n) is 8.01. The van der Waals surface area contributed by atoms with Gasteiger partial charge in [0.1, 0.15) is 0 Å². The summed E-state index contributed by atoms with van der Waals surface area (Å²) in [4.78, 5) is 0.407. The standard InChI is InChI=1S/C22H34O3S/c1-4-17(2)13-14-18(3)22(23)15-19-9-8-10-20(19)16-26(24,25)21-11-6-5-7-12-21/h5-7,11-12,17,19-20,22-23H,3-4,8-10,13-16H2,1-2H3/t17-,19-,20?,22+/m0/s1. The van der Waals surface area contributed by atoms with Crippen LogP contribution in [-0.4, -0.2) is 25.4 Å². The summed E-state index contributed by atoms with van der Waals surface area (Å²) in [6, 6.07) is 8.71. The van der Waals surface area contributed by atoms with Crippen LogP contribution in [0.25, 0.3) is 0 Å². The van der Waals surface area contributed by atoms with E-state index in [9.17, 15) is 13.5 Å². The molecule has 1 aromatic rings. The van der Waals surface area contributed by atoms with Crippen LogP contribution in [0.5, 0.6) is 0 Å². The van der Waals surface area contributed by atoms with Gasteiger partial charge in [0.05, 0.1) is 16.8 Å². The number of benzene rings is 1. The first-order chi connectivity index (χ1) is 12.3. The maximum Gasteiger partial charge on any atom is 0.178 e. The van der Waals surface area contributed by atoms with E-state index in [1.165, 1.54) is 0 Å². The number of aliphatic hydroxyl groups excluding tert-OH is 1. The normalized spacial score (nSPS) is 22.9. The van der Waals surface area contributed by atoms with Crippen molar-refractivity contribution in [2.75, 3.05) is 5.75 Å². The Hall–Kier alpha value is -1.13. The summed E-state index contributed by atoms with van der Waals surface area (Å²) in [6.45, 7) is 8.49. The van der Waals surface area contributed by atoms with Gasteiger partial charge in [-0.15, -0.1) is 0 Å². The van der Waals surface area contributed by atoms with Crippen molar-refractivity contribution in [3.05, 3.63) is 42.5 Å². The van der Waals surface area contributed by atoms with E-state index in [-0.39, 0.29) is 17.6 Å². The Labute approximate surface area is 159 Å². The van der Waals surface area contributed by atoms with E-state index in [1.807, 2.05) is 6.07 Å². The monoisotopic (exact) mass is 378 g/mol. The molecule has 1 aliphatic carbocycles. The molecule has 0 bridgehead atoms. The zero-order valence-corrected chi connectivity index (χ0v) is 17.0. The van der Waals surface area contributed by atoms with Crippen molar-refractivity contribution in [3.63, 3.8) is 0 Å². The van der Waals surface area contributed by atoms with Crippen molar-refractivity contribution >= 4 is 9.84 Å². The molecule has 0 radical (unpaired) electrons. The van der Waals surface area contributed by atoms with Gasteiger partial charge in [0.15, 0.2) is 9.84 Å². The molecule has 0 spiro atoms. The van der Waals surface area contributed by atoms with Crippen molar-refractivity contribution in [2.24, 2.45) is 17.8 Å². The Morgan fingerprint density at radius 3 is 2.54 bits per heavy atom. The topological polar surface area (TPSA) is 54.4 Å². The smallest absolute Gasteiger partial charge is 0.178 e. The van der Waals surface area contributed by atoms with Crippen molar-refractivity contribution in [1.82, 2.24) is 0 Å². The van der Waals surface area contributed by atoms with Gasteiger partial charge in [-0.1, -0.05) is 57.9 Å². The third kappa shape index (κ3) is 5.95. The van der Waals surface area contributed by atoms with Gasteiger partial charge in [0.2, 0.25) is 0 Å². The number of hydrogen-bond acceptors (Lipinski definition) is 3. The third-order valence-electron chi connectivity index (χ3n) is 6.00. The van der Waals surface area contributed by atoms with Gasteiger partial charge < -0.3 is 5.11 Å². The van der Waals surface area contributed by atoms with Gasteiger partial charge in [-0.25, -0.2) is 8.42 Å². The zero-order chi connectivity index (χ0) is 19.2. The van der Waals surface area contributed by atoms with Crippen molar-refractivity contribution in [2.45, 2.75) is 69.8 Å². The molecule has 0 saturated heterocycles. The molecule has 1 N–H and O–H groups in total. The van der Waals surface area contributed by atoms with Crippen LogP contribution in [0.15, 0.2) is 47.4 Å². The van der Waals surface area contributed by atoms with E-state index in [4.69, 9.17) is 0 Å². The minimum Gasteiger partial charge on any atom is -0.389 e. The number of rotatable bonds is 10. The first-order valence-electron chi connectivity index (χ1n) is 9.97. The molecular formula is C22H34O3S. The van der Waals surface area contributed by atoms with Gasteiger partial charge >= 0.3 is 0 Å². The fourth-order valence-corrected chi connectivity index (χ4v) is 5.67. The van der Waals surface area contributed by atoms with Gasteiger partial charge in [0.25, 0.3) is 0 Å². The summed E-state index contributed by atoms with van der Waals surface area (Å²) in [6.07, 6.45) is 6.18. The lowest BCUT2D eigenvalue weighted by molar-refractivity contribution is 0.161. The summed E-state index contributed by atoms with van der Waals surface area (Å²) in [7, 11) is -3.26. The highest BCUT2D eigenvalue weighted by molar-refractivity contribution is 7.91. The van der Waals surface area contributed by atoms with Crippen molar-refractivity contribution < 1.29 is 13.5 Å². The van der Waals surface area contributed by atoms with Crippen LogP contribution < -0.4 is 0 Å². The lowest BCUT2D eigenvalue weighted by Gasteiger charge is -2.24. The van der Waals surface area contributed by atoms with Crippen LogP contribution in [0, 0.1) is 17.8 Å². The van der Waals surface area contributed by atoms with E-state index in [1.54, 1.807) is 24.3 Å².